The van der Waals surface area contributed by atoms with Crippen molar-refractivity contribution in [2.45, 2.75) is 26.3 Å². The Morgan fingerprint density at radius 3 is 2.15 bits per heavy atom. The average molecular weight is 368 g/mol. The molecule has 0 fully saturated rings. The summed E-state index contributed by atoms with van der Waals surface area (Å²) >= 11 is 0. The maximum absolute atomic E-state index is 12.4. The Morgan fingerprint density at radius 1 is 1.00 bits per heavy atom. The molecule has 6 nitrogen and oxygen atoms in total. The fourth-order valence-electron chi connectivity index (χ4n) is 2.67. The van der Waals surface area contributed by atoms with Gasteiger partial charge in [-0.05, 0) is 36.6 Å². The van der Waals surface area contributed by atoms with Gasteiger partial charge < -0.3 is 15.8 Å². The van der Waals surface area contributed by atoms with E-state index in [0.29, 0.717) is 5.56 Å². The van der Waals surface area contributed by atoms with E-state index in [0.717, 1.165) is 11.1 Å². The van der Waals surface area contributed by atoms with Crippen LogP contribution in [0, 0.1) is 5.92 Å². The number of primary amides is 1. The number of esters is 1. The highest BCUT2D eigenvalue weighted by Gasteiger charge is 2.25. The number of amides is 2. The lowest BCUT2D eigenvalue weighted by Crippen LogP contribution is -2.46. The first-order valence-corrected chi connectivity index (χ1v) is 8.84. The molecule has 0 aliphatic carbocycles. The van der Waals surface area contributed by atoms with E-state index in [1.165, 1.54) is 0 Å². The van der Waals surface area contributed by atoms with Crippen molar-refractivity contribution in [1.29, 1.82) is 0 Å². The second-order valence-corrected chi connectivity index (χ2v) is 6.26. The predicted molar refractivity (Wildman–Crippen MR) is 103 cm³/mol. The molecular formula is C21H24N2O4. The lowest BCUT2D eigenvalue weighted by Gasteiger charge is -2.19. The molecular weight excluding hydrogens is 344 g/mol. The predicted octanol–water partition coefficient (Wildman–Crippen LogP) is 2.53. The fraction of sp³-hybridized carbons (Fsp3) is 0.286. The largest absolute Gasteiger partial charge is 0.466 e. The van der Waals surface area contributed by atoms with Gasteiger partial charge in [0.2, 0.25) is 5.91 Å². The molecule has 142 valence electrons. The first-order chi connectivity index (χ1) is 12.9. The van der Waals surface area contributed by atoms with Gasteiger partial charge in [0.1, 0.15) is 6.04 Å². The first-order valence-electron chi connectivity index (χ1n) is 8.84. The Morgan fingerprint density at radius 2 is 1.59 bits per heavy atom. The molecule has 0 heterocycles. The van der Waals surface area contributed by atoms with Crippen LogP contribution in [0.15, 0.2) is 54.6 Å². The Balaban J connectivity index is 2.04. The Kier molecular flexibility index (Phi) is 7.11. The van der Waals surface area contributed by atoms with Crippen molar-refractivity contribution in [1.82, 2.24) is 5.32 Å². The second kappa shape index (κ2) is 9.52. The molecule has 0 spiro atoms. The van der Waals surface area contributed by atoms with Gasteiger partial charge in [0, 0.05) is 5.56 Å². The first kappa shape index (κ1) is 20.2. The molecule has 0 saturated carbocycles. The summed E-state index contributed by atoms with van der Waals surface area (Å²) in [7, 11) is 0. The molecule has 2 aromatic carbocycles. The molecule has 2 amide bonds. The summed E-state index contributed by atoms with van der Waals surface area (Å²) in [5.41, 5.74) is 7.81. The van der Waals surface area contributed by atoms with E-state index in [9.17, 15) is 14.4 Å². The minimum Gasteiger partial charge on any atom is -0.466 e. The summed E-state index contributed by atoms with van der Waals surface area (Å²) < 4.78 is 4.93. The molecule has 27 heavy (non-hydrogen) atoms. The number of carbonyl (C=O) groups excluding carboxylic acids is 3. The number of rotatable bonds is 8. The van der Waals surface area contributed by atoms with Crippen molar-refractivity contribution >= 4 is 17.8 Å². The Labute approximate surface area is 158 Å². The molecule has 0 saturated heterocycles. The van der Waals surface area contributed by atoms with E-state index in [-0.39, 0.29) is 13.0 Å². The Bertz CT molecular complexity index is 788. The van der Waals surface area contributed by atoms with Crippen LogP contribution in [-0.4, -0.2) is 30.4 Å². The number of hydrogen-bond acceptors (Lipinski definition) is 4. The SMILES string of the molecule is CCOC(=O)[C@H](C)C[C@H](NC(=O)c1ccc(-c2ccccc2)cc1)C(N)=O. The van der Waals surface area contributed by atoms with E-state index in [1.807, 2.05) is 42.5 Å². The van der Waals surface area contributed by atoms with Gasteiger partial charge in [-0.2, -0.15) is 0 Å². The van der Waals surface area contributed by atoms with Gasteiger partial charge in [-0.25, -0.2) is 0 Å². The smallest absolute Gasteiger partial charge is 0.308 e. The molecule has 0 aliphatic rings. The molecule has 0 radical (unpaired) electrons. The summed E-state index contributed by atoms with van der Waals surface area (Å²) in [6.45, 7) is 3.59. The molecule has 2 atom stereocenters. The van der Waals surface area contributed by atoms with Crippen LogP contribution in [0.5, 0.6) is 0 Å². The van der Waals surface area contributed by atoms with Crippen LogP contribution in [0.4, 0.5) is 0 Å². The van der Waals surface area contributed by atoms with Gasteiger partial charge >= 0.3 is 5.97 Å². The zero-order valence-electron chi connectivity index (χ0n) is 15.5. The van der Waals surface area contributed by atoms with Gasteiger partial charge in [0.15, 0.2) is 0 Å². The van der Waals surface area contributed by atoms with Crippen LogP contribution in [0.3, 0.4) is 0 Å². The number of carbonyl (C=O) groups is 3. The van der Waals surface area contributed by atoms with Crippen LogP contribution < -0.4 is 11.1 Å². The van der Waals surface area contributed by atoms with Crippen molar-refractivity contribution in [3.8, 4) is 11.1 Å². The molecule has 2 aromatic rings. The molecule has 0 bridgehead atoms. The highest BCUT2D eigenvalue weighted by Crippen LogP contribution is 2.19. The zero-order chi connectivity index (χ0) is 19.8. The van der Waals surface area contributed by atoms with Gasteiger partial charge in [-0.3, -0.25) is 14.4 Å². The number of nitrogens with one attached hydrogen (secondary N) is 1. The normalized spacial score (nSPS) is 12.7. The van der Waals surface area contributed by atoms with Gasteiger partial charge in [-0.1, -0.05) is 49.4 Å². The van der Waals surface area contributed by atoms with Crippen LogP contribution in [0.2, 0.25) is 0 Å². The summed E-state index contributed by atoms with van der Waals surface area (Å²) in [5, 5.41) is 2.60. The van der Waals surface area contributed by atoms with Crippen LogP contribution in [-0.2, 0) is 14.3 Å². The van der Waals surface area contributed by atoms with Gasteiger partial charge in [-0.15, -0.1) is 0 Å². The van der Waals surface area contributed by atoms with Crippen molar-refractivity contribution in [2.75, 3.05) is 6.61 Å². The van der Waals surface area contributed by atoms with Crippen molar-refractivity contribution in [3.63, 3.8) is 0 Å². The topological polar surface area (TPSA) is 98.5 Å². The summed E-state index contributed by atoms with van der Waals surface area (Å²) in [6.07, 6.45) is 0.0853. The molecule has 3 N–H and O–H groups in total. The quantitative estimate of drug-likeness (QED) is 0.700. The molecule has 6 heteroatoms. The maximum Gasteiger partial charge on any atom is 0.308 e. The molecule has 0 aromatic heterocycles. The standard InChI is InChI=1S/C21H24N2O4/c1-3-27-21(26)14(2)13-18(19(22)24)23-20(25)17-11-9-16(10-12-17)15-7-5-4-6-8-15/h4-12,14,18H,3,13H2,1-2H3,(H2,22,24)(H,23,25)/t14-,18+/m1/s1. The van der Waals surface area contributed by atoms with E-state index in [4.69, 9.17) is 10.5 Å². The van der Waals surface area contributed by atoms with Crippen molar-refractivity contribution in [2.24, 2.45) is 11.7 Å². The van der Waals surface area contributed by atoms with Crippen molar-refractivity contribution < 1.29 is 19.1 Å². The number of ether oxygens (including phenoxy) is 1. The minimum atomic E-state index is -0.953. The lowest BCUT2D eigenvalue weighted by atomic mass is 10.0. The van der Waals surface area contributed by atoms with E-state index < -0.39 is 29.7 Å². The highest BCUT2D eigenvalue weighted by atomic mass is 16.5. The zero-order valence-corrected chi connectivity index (χ0v) is 15.5. The molecule has 0 unspecified atom stereocenters. The van der Waals surface area contributed by atoms with Crippen LogP contribution >= 0.6 is 0 Å². The summed E-state index contributed by atoms with van der Waals surface area (Å²) in [6, 6.07) is 15.9. The van der Waals surface area contributed by atoms with Crippen LogP contribution in [0.1, 0.15) is 30.6 Å². The molecule has 0 aliphatic heterocycles. The lowest BCUT2D eigenvalue weighted by molar-refractivity contribution is -0.147. The van der Waals surface area contributed by atoms with Gasteiger partial charge in [0.05, 0.1) is 12.5 Å². The van der Waals surface area contributed by atoms with E-state index in [1.54, 1.807) is 26.0 Å². The number of nitrogens with two attached hydrogens (primary N) is 1. The average Bonchev–Trinajstić information content (AvgIpc) is 2.68. The summed E-state index contributed by atoms with van der Waals surface area (Å²) in [4.78, 5) is 35.9. The van der Waals surface area contributed by atoms with Crippen LogP contribution in [0.25, 0.3) is 11.1 Å². The third-order valence-electron chi connectivity index (χ3n) is 4.18. The molecule has 2 rings (SSSR count). The van der Waals surface area contributed by atoms with E-state index >= 15 is 0 Å². The summed E-state index contributed by atoms with van der Waals surface area (Å²) in [5.74, 6) is -2.09. The number of benzene rings is 2. The van der Waals surface area contributed by atoms with Crippen molar-refractivity contribution in [3.05, 3.63) is 60.2 Å². The van der Waals surface area contributed by atoms with Gasteiger partial charge in [0.25, 0.3) is 5.91 Å². The third-order valence-corrected chi connectivity index (χ3v) is 4.18. The number of hydrogen-bond donors (Lipinski definition) is 2. The fourth-order valence-corrected chi connectivity index (χ4v) is 2.67. The highest BCUT2D eigenvalue weighted by molar-refractivity contribution is 5.97. The maximum atomic E-state index is 12.4. The second-order valence-electron chi connectivity index (χ2n) is 6.26. The Hall–Kier alpha value is -3.15. The minimum absolute atomic E-state index is 0.0853. The monoisotopic (exact) mass is 368 g/mol. The third kappa shape index (κ3) is 5.67. The van der Waals surface area contributed by atoms with E-state index in [2.05, 4.69) is 5.32 Å².